The van der Waals surface area contributed by atoms with Crippen LogP contribution in [0.15, 0.2) is 0 Å². The summed E-state index contributed by atoms with van der Waals surface area (Å²) in [6.07, 6.45) is 80.9. The van der Waals surface area contributed by atoms with Crippen molar-refractivity contribution in [2.75, 3.05) is 39.6 Å². The molecule has 684 valence electrons. The Morgan fingerprint density at radius 1 is 0.252 bits per heavy atom. The molecule has 0 aliphatic carbocycles. The molecule has 0 aromatic rings. The zero-order chi connectivity index (χ0) is 84.3. The summed E-state index contributed by atoms with van der Waals surface area (Å²) in [6.45, 7) is 12.1. The number of hydrogen-bond acceptors (Lipinski definition) is 15. The van der Waals surface area contributed by atoms with Gasteiger partial charge in [-0.25, -0.2) is 9.13 Å². The molecule has 0 saturated carbocycles. The van der Waals surface area contributed by atoms with E-state index in [1.807, 2.05) is 0 Å². The van der Waals surface area contributed by atoms with Gasteiger partial charge in [0, 0.05) is 25.7 Å². The van der Waals surface area contributed by atoms with Crippen LogP contribution in [0.3, 0.4) is 0 Å². The smallest absolute Gasteiger partial charge is 0.462 e. The number of esters is 4. The molecule has 0 aliphatic heterocycles. The molecule has 3 N–H and O–H groups in total. The first-order chi connectivity index (χ1) is 55.8. The van der Waals surface area contributed by atoms with Gasteiger partial charge in [0.15, 0.2) is 12.2 Å². The van der Waals surface area contributed by atoms with Gasteiger partial charge in [0.1, 0.15) is 19.3 Å². The van der Waals surface area contributed by atoms with Crippen LogP contribution in [0.25, 0.3) is 0 Å². The third-order valence-corrected chi connectivity index (χ3v) is 25.3. The average Bonchev–Trinajstić information content (AvgIpc) is 0.904. The van der Waals surface area contributed by atoms with E-state index >= 15 is 0 Å². The minimum atomic E-state index is -4.97. The maximum Gasteiger partial charge on any atom is 0.472 e. The third-order valence-electron chi connectivity index (χ3n) is 23.4. The molecular weight excluding hydrogens is 1490 g/mol. The van der Waals surface area contributed by atoms with Gasteiger partial charge in [0.2, 0.25) is 0 Å². The number of phosphoric acid groups is 2. The molecule has 0 aromatic carbocycles. The number of hydrogen-bond donors (Lipinski definition) is 3. The van der Waals surface area contributed by atoms with Crippen molar-refractivity contribution in [1.82, 2.24) is 0 Å². The molecular formula is C96H188O17P2. The highest BCUT2D eigenvalue weighted by Crippen LogP contribution is 2.45. The minimum absolute atomic E-state index is 0.108. The monoisotopic (exact) mass is 1680 g/mol. The fraction of sp³-hybridized carbons (Fsp3) is 0.958. The van der Waals surface area contributed by atoms with Crippen molar-refractivity contribution in [3.63, 3.8) is 0 Å². The molecule has 0 aromatic heterocycles. The van der Waals surface area contributed by atoms with Gasteiger partial charge in [-0.2, -0.15) is 0 Å². The summed E-state index contributed by atoms with van der Waals surface area (Å²) < 4.78 is 69.2. The largest absolute Gasteiger partial charge is 0.472 e. The van der Waals surface area contributed by atoms with Crippen molar-refractivity contribution >= 4 is 39.5 Å². The summed E-state index contributed by atoms with van der Waals surface area (Å²) in [4.78, 5) is 73.5. The van der Waals surface area contributed by atoms with Gasteiger partial charge in [-0.3, -0.25) is 37.3 Å². The van der Waals surface area contributed by atoms with Crippen molar-refractivity contribution in [3.8, 4) is 0 Å². The van der Waals surface area contributed by atoms with E-state index in [1.54, 1.807) is 0 Å². The first-order valence-corrected chi connectivity index (χ1v) is 52.4. The number of rotatable bonds is 94. The normalized spacial score (nSPS) is 14.2. The second-order valence-electron chi connectivity index (χ2n) is 35.4. The van der Waals surface area contributed by atoms with E-state index in [0.717, 1.165) is 114 Å². The van der Waals surface area contributed by atoms with Crippen LogP contribution in [-0.4, -0.2) is 96.7 Å². The molecule has 0 fully saturated rings. The number of carbonyl (C=O) groups excluding carboxylic acids is 4. The van der Waals surface area contributed by atoms with Crippen LogP contribution in [0, 0.1) is 17.8 Å². The Hall–Kier alpha value is -1.94. The lowest BCUT2D eigenvalue weighted by molar-refractivity contribution is -0.161. The first kappa shape index (κ1) is 113. The maximum absolute atomic E-state index is 13.2. The Morgan fingerprint density at radius 3 is 0.661 bits per heavy atom. The van der Waals surface area contributed by atoms with Crippen LogP contribution >= 0.6 is 15.6 Å². The summed E-state index contributed by atoms with van der Waals surface area (Å²) in [6, 6.07) is 0. The van der Waals surface area contributed by atoms with Crippen molar-refractivity contribution in [3.05, 3.63) is 0 Å². The van der Waals surface area contributed by atoms with Gasteiger partial charge in [0.05, 0.1) is 26.4 Å². The molecule has 115 heavy (non-hydrogen) atoms. The summed E-state index contributed by atoms with van der Waals surface area (Å²) >= 11 is 0. The minimum Gasteiger partial charge on any atom is -0.462 e. The second-order valence-corrected chi connectivity index (χ2v) is 38.3. The number of aliphatic hydroxyl groups is 1. The lowest BCUT2D eigenvalue weighted by Crippen LogP contribution is -2.30. The van der Waals surface area contributed by atoms with E-state index in [1.165, 1.54) is 321 Å². The lowest BCUT2D eigenvalue weighted by Gasteiger charge is -2.21. The Balaban J connectivity index is 5.20. The molecule has 0 aliphatic rings. The number of aliphatic hydroxyl groups excluding tert-OH is 1. The molecule has 0 saturated heterocycles. The zero-order valence-corrected chi connectivity index (χ0v) is 78.1. The molecule has 0 amide bonds. The average molecular weight is 1680 g/mol. The predicted octanol–water partition coefficient (Wildman–Crippen LogP) is 30.0. The quantitative estimate of drug-likeness (QED) is 0.0222. The molecule has 4 unspecified atom stereocenters. The van der Waals surface area contributed by atoms with E-state index in [9.17, 15) is 43.2 Å². The van der Waals surface area contributed by atoms with Crippen molar-refractivity contribution in [2.24, 2.45) is 17.8 Å². The molecule has 17 nitrogen and oxygen atoms in total. The SMILES string of the molecule is CCCCCCCCCCCCCCCCCCCCCCCCC(=O)OC[C@H](COP(=O)(O)OC[C@@H](O)COP(=O)(O)OC[C@@H](COC(=O)CCCCCCCCC(C)CC)OC(=O)CCCCCCCCCCCCCCCCCCCCC(C)C)OC(=O)CCCCCCCCCCCCCCCCCCCCC(C)CC. The summed E-state index contributed by atoms with van der Waals surface area (Å²) in [7, 11) is -9.94. The van der Waals surface area contributed by atoms with Gasteiger partial charge < -0.3 is 33.8 Å². The Labute approximate surface area is 708 Å². The van der Waals surface area contributed by atoms with E-state index in [-0.39, 0.29) is 25.7 Å². The van der Waals surface area contributed by atoms with E-state index in [2.05, 4.69) is 48.5 Å². The molecule has 19 heteroatoms. The molecule has 0 rings (SSSR count). The Kier molecular flexibility index (Phi) is 84.2. The highest BCUT2D eigenvalue weighted by atomic mass is 31.2. The highest BCUT2D eigenvalue weighted by Gasteiger charge is 2.31. The van der Waals surface area contributed by atoms with Crippen LogP contribution in [-0.2, 0) is 65.4 Å². The fourth-order valence-corrected chi connectivity index (χ4v) is 16.7. The Bertz CT molecular complexity index is 2200. The molecule has 7 atom stereocenters. The number of unbranched alkanes of at least 4 members (excludes halogenated alkanes) is 60. The summed E-state index contributed by atoms with van der Waals surface area (Å²) in [5.41, 5.74) is 0. The fourth-order valence-electron chi connectivity index (χ4n) is 15.1. The van der Waals surface area contributed by atoms with Crippen LogP contribution in [0.2, 0.25) is 0 Å². The zero-order valence-electron chi connectivity index (χ0n) is 76.3. The second kappa shape index (κ2) is 85.6. The lowest BCUT2D eigenvalue weighted by atomic mass is 9.99. The van der Waals surface area contributed by atoms with Gasteiger partial charge >= 0.3 is 39.5 Å². The topological polar surface area (TPSA) is 237 Å². The Morgan fingerprint density at radius 2 is 0.443 bits per heavy atom. The number of phosphoric ester groups is 2. The van der Waals surface area contributed by atoms with Gasteiger partial charge in [-0.05, 0) is 43.4 Å². The van der Waals surface area contributed by atoms with Gasteiger partial charge in [-0.1, -0.05) is 466 Å². The predicted molar refractivity (Wildman–Crippen MR) is 478 cm³/mol. The standard InChI is InChI=1S/C96H188O17P2/c1-8-11-12-13-14-15-16-17-18-19-20-21-22-23-30-35-40-45-50-55-63-70-77-93(98)106-83-91(112-95(100)79-72-65-57-52-47-42-37-32-27-25-29-34-39-44-49-54-61-68-75-88(6)9-2)85-110-114(102,103)108-81-90(97)82-109-115(104,105)111-86-92(84-107-94(99)78-71-64-59-58-62-69-76-89(7)10-3)113-96(101)80-73-66-56-51-46-41-36-31-26-24-28-33-38-43-48-53-60-67-74-87(4)5/h87-92,97H,8-86H2,1-7H3,(H,102,103)(H,104,105)/t88?,89?,90-,91-,92-/m1/s1. The van der Waals surface area contributed by atoms with E-state index in [0.29, 0.717) is 25.7 Å². The number of ether oxygens (including phenoxy) is 4. The van der Waals surface area contributed by atoms with Crippen molar-refractivity contribution in [1.29, 1.82) is 0 Å². The first-order valence-electron chi connectivity index (χ1n) is 49.4. The van der Waals surface area contributed by atoms with Gasteiger partial charge in [-0.15, -0.1) is 0 Å². The number of carbonyl (C=O) groups is 4. The van der Waals surface area contributed by atoms with E-state index in [4.69, 9.17) is 37.0 Å². The third kappa shape index (κ3) is 86.8. The maximum atomic E-state index is 13.2. The summed E-state index contributed by atoms with van der Waals surface area (Å²) in [5.74, 6) is 0.326. The van der Waals surface area contributed by atoms with Crippen LogP contribution < -0.4 is 0 Å². The van der Waals surface area contributed by atoms with Crippen molar-refractivity contribution < 1.29 is 80.2 Å². The summed E-state index contributed by atoms with van der Waals surface area (Å²) in [5, 5.41) is 10.7. The van der Waals surface area contributed by atoms with Crippen LogP contribution in [0.5, 0.6) is 0 Å². The van der Waals surface area contributed by atoms with E-state index < -0.39 is 97.5 Å². The van der Waals surface area contributed by atoms with Crippen LogP contribution in [0.4, 0.5) is 0 Å². The molecule has 0 spiro atoms. The highest BCUT2D eigenvalue weighted by molar-refractivity contribution is 7.47. The molecule has 0 heterocycles. The molecule has 0 radical (unpaired) electrons. The van der Waals surface area contributed by atoms with Crippen molar-refractivity contribution in [2.45, 2.75) is 535 Å². The van der Waals surface area contributed by atoms with Crippen LogP contribution in [0.1, 0.15) is 517 Å². The van der Waals surface area contributed by atoms with Gasteiger partial charge in [0.25, 0.3) is 0 Å². The molecule has 0 bridgehead atoms.